The van der Waals surface area contributed by atoms with E-state index in [-0.39, 0.29) is 18.1 Å². The molecule has 0 radical (unpaired) electrons. The maximum absolute atomic E-state index is 11.6. The standard InChI is InChI=1S/C11H20N2O3/c1-9(2)16-11(15)13-6-4-5-12(7-8-13)10(3)14/h9H,4-8H2,1-3H3. The van der Waals surface area contributed by atoms with Gasteiger partial charge in [-0.05, 0) is 20.3 Å². The smallest absolute Gasteiger partial charge is 0.410 e. The topological polar surface area (TPSA) is 49.9 Å². The van der Waals surface area contributed by atoms with Gasteiger partial charge in [0.1, 0.15) is 0 Å². The number of rotatable bonds is 1. The summed E-state index contributed by atoms with van der Waals surface area (Å²) in [6.07, 6.45) is 0.437. The molecular formula is C11H20N2O3. The van der Waals surface area contributed by atoms with Gasteiger partial charge in [-0.25, -0.2) is 4.79 Å². The second kappa shape index (κ2) is 5.72. The third-order valence-corrected chi connectivity index (χ3v) is 2.54. The fourth-order valence-corrected chi connectivity index (χ4v) is 1.69. The summed E-state index contributed by atoms with van der Waals surface area (Å²) in [7, 11) is 0. The van der Waals surface area contributed by atoms with Gasteiger partial charge >= 0.3 is 6.09 Å². The Morgan fingerprint density at radius 2 is 1.62 bits per heavy atom. The van der Waals surface area contributed by atoms with Gasteiger partial charge in [-0.2, -0.15) is 0 Å². The molecule has 1 aliphatic heterocycles. The van der Waals surface area contributed by atoms with E-state index in [2.05, 4.69) is 0 Å². The Labute approximate surface area is 96.3 Å². The molecule has 16 heavy (non-hydrogen) atoms. The third kappa shape index (κ3) is 3.72. The second-order valence-electron chi connectivity index (χ2n) is 4.28. The van der Waals surface area contributed by atoms with Gasteiger partial charge in [0.15, 0.2) is 0 Å². The normalized spacial score (nSPS) is 17.2. The quantitative estimate of drug-likeness (QED) is 0.675. The Morgan fingerprint density at radius 1 is 1.06 bits per heavy atom. The minimum absolute atomic E-state index is 0.0686. The molecule has 1 heterocycles. The highest BCUT2D eigenvalue weighted by Crippen LogP contribution is 2.06. The molecule has 0 spiro atoms. The van der Waals surface area contributed by atoms with Crippen LogP contribution in [0.2, 0.25) is 0 Å². The van der Waals surface area contributed by atoms with Crippen molar-refractivity contribution >= 4 is 12.0 Å². The predicted molar refractivity (Wildman–Crippen MR) is 60.1 cm³/mol. The molecule has 0 N–H and O–H groups in total. The molecule has 1 fully saturated rings. The van der Waals surface area contributed by atoms with Crippen LogP contribution in [-0.2, 0) is 9.53 Å². The molecular weight excluding hydrogens is 208 g/mol. The number of carbonyl (C=O) groups excluding carboxylic acids is 2. The van der Waals surface area contributed by atoms with Gasteiger partial charge in [0.25, 0.3) is 0 Å². The zero-order chi connectivity index (χ0) is 12.1. The van der Waals surface area contributed by atoms with Crippen molar-refractivity contribution in [2.45, 2.75) is 33.3 Å². The molecule has 0 aromatic rings. The maximum Gasteiger partial charge on any atom is 0.410 e. The SMILES string of the molecule is CC(=O)N1CCCN(C(=O)OC(C)C)CC1. The highest BCUT2D eigenvalue weighted by atomic mass is 16.6. The molecule has 2 amide bonds. The lowest BCUT2D eigenvalue weighted by Gasteiger charge is -2.21. The maximum atomic E-state index is 11.6. The number of nitrogens with zero attached hydrogens (tertiary/aromatic N) is 2. The molecule has 5 nitrogen and oxygen atoms in total. The average molecular weight is 228 g/mol. The van der Waals surface area contributed by atoms with E-state index in [1.165, 1.54) is 0 Å². The summed E-state index contributed by atoms with van der Waals surface area (Å²) in [5.41, 5.74) is 0. The van der Waals surface area contributed by atoms with Gasteiger partial charge in [-0.1, -0.05) is 0 Å². The van der Waals surface area contributed by atoms with Crippen molar-refractivity contribution in [3.05, 3.63) is 0 Å². The van der Waals surface area contributed by atoms with Crippen molar-refractivity contribution in [3.63, 3.8) is 0 Å². The van der Waals surface area contributed by atoms with Crippen LogP contribution in [0.1, 0.15) is 27.2 Å². The zero-order valence-corrected chi connectivity index (χ0v) is 10.2. The van der Waals surface area contributed by atoms with E-state index in [9.17, 15) is 9.59 Å². The average Bonchev–Trinajstić information content (AvgIpc) is 2.41. The Kier molecular flexibility index (Phi) is 4.58. The van der Waals surface area contributed by atoms with Crippen LogP contribution in [0.3, 0.4) is 0 Å². The molecule has 0 bridgehead atoms. The molecule has 1 aliphatic rings. The molecule has 5 heteroatoms. The molecule has 92 valence electrons. The van der Waals surface area contributed by atoms with E-state index in [4.69, 9.17) is 4.74 Å². The van der Waals surface area contributed by atoms with Crippen molar-refractivity contribution in [1.29, 1.82) is 0 Å². The molecule has 0 unspecified atom stereocenters. The summed E-state index contributed by atoms with van der Waals surface area (Å²) in [6.45, 7) is 7.76. The van der Waals surface area contributed by atoms with E-state index in [0.29, 0.717) is 19.6 Å². The zero-order valence-electron chi connectivity index (χ0n) is 10.2. The van der Waals surface area contributed by atoms with Gasteiger partial charge < -0.3 is 14.5 Å². The lowest BCUT2D eigenvalue weighted by molar-refractivity contribution is -0.128. The van der Waals surface area contributed by atoms with Crippen LogP contribution in [0, 0.1) is 0 Å². The molecule has 1 rings (SSSR count). The first-order chi connectivity index (χ1) is 7.50. The van der Waals surface area contributed by atoms with Crippen molar-refractivity contribution in [1.82, 2.24) is 9.80 Å². The number of amides is 2. The molecule has 0 atom stereocenters. The van der Waals surface area contributed by atoms with Crippen LogP contribution < -0.4 is 0 Å². The summed E-state index contributed by atoms with van der Waals surface area (Å²) < 4.78 is 5.12. The Bertz CT molecular complexity index is 266. The van der Waals surface area contributed by atoms with E-state index in [1.807, 2.05) is 13.8 Å². The lowest BCUT2D eigenvalue weighted by Crippen LogP contribution is -2.37. The third-order valence-electron chi connectivity index (χ3n) is 2.54. The van der Waals surface area contributed by atoms with Crippen LogP contribution in [0.4, 0.5) is 4.79 Å². The molecule has 0 aromatic carbocycles. The Hall–Kier alpha value is -1.26. The van der Waals surface area contributed by atoms with Gasteiger partial charge in [0.2, 0.25) is 5.91 Å². The van der Waals surface area contributed by atoms with Gasteiger partial charge in [0, 0.05) is 33.1 Å². The number of carbonyl (C=O) groups is 2. The van der Waals surface area contributed by atoms with Crippen LogP contribution in [0.5, 0.6) is 0 Å². The first-order valence-corrected chi connectivity index (χ1v) is 5.71. The molecule has 0 saturated carbocycles. The molecule has 1 saturated heterocycles. The van der Waals surface area contributed by atoms with Crippen molar-refractivity contribution < 1.29 is 14.3 Å². The summed E-state index contributed by atoms with van der Waals surface area (Å²) in [5, 5.41) is 0. The number of ether oxygens (including phenoxy) is 1. The number of hydrogen-bond acceptors (Lipinski definition) is 3. The van der Waals surface area contributed by atoms with Crippen molar-refractivity contribution in [2.75, 3.05) is 26.2 Å². The molecule has 0 aliphatic carbocycles. The minimum Gasteiger partial charge on any atom is -0.447 e. The van der Waals surface area contributed by atoms with Gasteiger partial charge in [-0.3, -0.25) is 4.79 Å². The fraction of sp³-hybridized carbons (Fsp3) is 0.818. The fourth-order valence-electron chi connectivity index (χ4n) is 1.69. The van der Waals surface area contributed by atoms with E-state index in [1.54, 1.807) is 16.7 Å². The van der Waals surface area contributed by atoms with Crippen LogP contribution in [0.25, 0.3) is 0 Å². The molecule has 0 aromatic heterocycles. The summed E-state index contributed by atoms with van der Waals surface area (Å²) >= 11 is 0. The predicted octanol–water partition coefficient (Wildman–Crippen LogP) is 1.09. The van der Waals surface area contributed by atoms with E-state index >= 15 is 0 Å². The summed E-state index contributed by atoms with van der Waals surface area (Å²) in [5.74, 6) is 0.0686. The second-order valence-corrected chi connectivity index (χ2v) is 4.28. The largest absolute Gasteiger partial charge is 0.447 e. The highest BCUT2D eigenvalue weighted by Gasteiger charge is 2.21. The van der Waals surface area contributed by atoms with E-state index < -0.39 is 0 Å². The summed E-state index contributed by atoms with van der Waals surface area (Å²) in [4.78, 5) is 26.3. The van der Waals surface area contributed by atoms with E-state index in [0.717, 1.165) is 13.0 Å². The first-order valence-electron chi connectivity index (χ1n) is 5.71. The monoisotopic (exact) mass is 228 g/mol. The number of hydrogen-bond donors (Lipinski definition) is 0. The van der Waals surface area contributed by atoms with Crippen molar-refractivity contribution in [3.8, 4) is 0 Å². The first kappa shape index (κ1) is 12.8. The van der Waals surface area contributed by atoms with Gasteiger partial charge in [-0.15, -0.1) is 0 Å². The minimum atomic E-state index is -0.277. The summed E-state index contributed by atoms with van der Waals surface area (Å²) in [6, 6.07) is 0. The van der Waals surface area contributed by atoms with Crippen molar-refractivity contribution in [2.24, 2.45) is 0 Å². The lowest BCUT2D eigenvalue weighted by atomic mass is 10.4. The highest BCUT2D eigenvalue weighted by molar-refractivity contribution is 5.73. The van der Waals surface area contributed by atoms with Crippen LogP contribution in [-0.4, -0.2) is 54.1 Å². The van der Waals surface area contributed by atoms with Gasteiger partial charge in [0.05, 0.1) is 6.10 Å². The Morgan fingerprint density at radius 3 is 2.19 bits per heavy atom. The van der Waals surface area contributed by atoms with Crippen LogP contribution in [0.15, 0.2) is 0 Å². The van der Waals surface area contributed by atoms with Crippen LogP contribution >= 0.6 is 0 Å². The Balaban J connectivity index is 2.46.